The second kappa shape index (κ2) is 6.75. The standard InChI is InChI=1S/C21H30N2O3/c1-2-8-20(10-11-20)19(25)22-15-21-9-4-3-7-17(21)23(13-12-21)18(24)16-6-5-14-26-16/h5-6,14,17H,2-4,7-13,15H2,1H3,(H,22,25). The molecule has 1 aliphatic heterocycles. The fourth-order valence-electron chi connectivity index (χ4n) is 5.31. The Bertz CT molecular complexity index is 665. The Morgan fingerprint density at radius 1 is 1.27 bits per heavy atom. The van der Waals surface area contributed by atoms with Gasteiger partial charge in [-0.15, -0.1) is 0 Å². The molecule has 0 radical (unpaired) electrons. The molecule has 2 amide bonds. The Labute approximate surface area is 155 Å². The first-order chi connectivity index (χ1) is 12.6. The molecule has 1 saturated heterocycles. The van der Waals surface area contributed by atoms with Crippen molar-refractivity contribution < 1.29 is 14.0 Å². The molecule has 1 aromatic rings. The minimum atomic E-state index is -0.0855. The van der Waals surface area contributed by atoms with Crippen LogP contribution in [0.25, 0.3) is 0 Å². The maximum atomic E-state index is 12.8. The summed E-state index contributed by atoms with van der Waals surface area (Å²) in [4.78, 5) is 27.6. The van der Waals surface area contributed by atoms with E-state index in [0.717, 1.165) is 57.9 Å². The van der Waals surface area contributed by atoms with Crippen LogP contribution in [0.15, 0.2) is 22.8 Å². The summed E-state index contributed by atoms with van der Waals surface area (Å²) in [5.41, 5.74) is -0.0453. The van der Waals surface area contributed by atoms with Crippen LogP contribution in [0.1, 0.15) is 75.3 Å². The van der Waals surface area contributed by atoms with E-state index in [9.17, 15) is 9.59 Å². The molecule has 2 aliphatic carbocycles. The van der Waals surface area contributed by atoms with E-state index in [1.165, 1.54) is 6.42 Å². The van der Waals surface area contributed by atoms with Crippen LogP contribution in [0.5, 0.6) is 0 Å². The molecule has 1 N–H and O–H groups in total. The van der Waals surface area contributed by atoms with Gasteiger partial charge < -0.3 is 14.6 Å². The van der Waals surface area contributed by atoms with Crippen LogP contribution < -0.4 is 5.32 Å². The maximum Gasteiger partial charge on any atom is 0.289 e. The molecular formula is C21H30N2O3. The summed E-state index contributed by atoms with van der Waals surface area (Å²) in [6.07, 6.45) is 11.1. The number of hydrogen-bond donors (Lipinski definition) is 1. The third-order valence-electron chi connectivity index (χ3n) is 6.99. The van der Waals surface area contributed by atoms with E-state index < -0.39 is 0 Å². The van der Waals surface area contributed by atoms with Crippen molar-refractivity contribution >= 4 is 11.8 Å². The summed E-state index contributed by atoms with van der Waals surface area (Å²) in [6.45, 7) is 3.63. The lowest BCUT2D eigenvalue weighted by Crippen LogP contribution is -2.50. The van der Waals surface area contributed by atoms with Gasteiger partial charge >= 0.3 is 0 Å². The van der Waals surface area contributed by atoms with Crippen LogP contribution in [-0.4, -0.2) is 35.8 Å². The predicted octanol–water partition coefficient (Wildman–Crippen LogP) is 3.75. The zero-order chi connectivity index (χ0) is 18.2. The Morgan fingerprint density at radius 2 is 2.12 bits per heavy atom. The van der Waals surface area contributed by atoms with Crippen LogP contribution in [0, 0.1) is 10.8 Å². The number of nitrogens with one attached hydrogen (secondary N) is 1. The van der Waals surface area contributed by atoms with E-state index in [4.69, 9.17) is 4.42 Å². The molecule has 2 saturated carbocycles. The first-order valence-electron chi connectivity index (χ1n) is 10.2. The minimum absolute atomic E-state index is 0.000234. The largest absolute Gasteiger partial charge is 0.459 e. The summed E-state index contributed by atoms with van der Waals surface area (Å²) in [6, 6.07) is 3.73. The molecule has 3 fully saturated rings. The molecule has 0 aromatic carbocycles. The van der Waals surface area contributed by atoms with Crippen molar-refractivity contribution in [1.82, 2.24) is 10.2 Å². The highest BCUT2D eigenvalue weighted by Gasteiger charge is 2.53. The quantitative estimate of drug-likeness (QED) is 0.842. The third kappa shape index (κ3) is 2.95. The first-order valence-corrected chi connectivity index (χ1v) is 10.2. The van der Waals surface area contributed by atoms with Gasteiger partial charge in [0.25, 0.3) is 5.91 Å². The van der Waals surface area contributed by atoms with Crippen LogP contribution in [0.2, 0.25) is 0 Å². The average Bonchev–Trinajstić information content (AvgIpc) is 3.11. The van der Waals surface area contributed by atoms with Gasteiger partial charge in [0.15, 0.2) is 5.76 Å². The SMILES string of the molecule is CCCC1(C(=O)NCC23CCCCC2N(C(=O)c2ccco2)CC3)CC1. The number of amides is 2. The van der Waals surface area contributed by atoms with Gasteiger partial charge in [-0.3, -0.25) is 9.59 Å². The smallest absolute Gasteiger partial charge is 0.289 e. The Morgan fingerprint density at radius 3 is 2.81 bits per heavy atom. The number of nitrogens with zero attached hydrogens (tertiary/aromatic N) is 1. The molecule has 26 heavy (non-hydrogen) atoms. The summed E-state index contributed by atoms with van der Waals surface area (Å²) in [7, 11) is 0. The van der Waals surface area contributed by atoms with Crippen molar-refractivity contribution in [3.63, 3.8) is 0 Å². The highest BCUT2D eigenvalue weighted by molar-refractivity contribution is 5.92. The lowest BCUT2D eigenvalue weighted by molar-refractivity contribution is -0.127. The zero-order valence-corrected chi connectivity index (χ0v) is 15.8. The summed E-state index contributed by atoms with van der Waals surface area (Å²) in [5.74, 6) is 0.670. The van der Waals surface area contributed by atoms with E-state index in [2.05, 4.69) is 12.2 Å². The molecule has 5 heteroatoms. The van der Waals surface area contributed by atoms with E-state index in [0.29, 0.717) is 12.3 Å². The molecule has 2 atom stereocenters. The van der Waals surface area contributed by atoms with Gasteiger partial charge in [0.2, 0.25) is 5.91 Å². The van der Waals surface area contributed by atoms with Crippen LogP contribution in [0.3, 0.4) is 0 Å². The molecule has 5 nitrogen and oxygen atoms in total. The van der Waals surface area contributed by atoms with Gasteiger partial charge in [-0.25, -0.2) is 0 Å². The van der Waals surface area contributed by atoms with Gasteiger partial charge in [-0.05, 0) is 50.7 Å². The van der Waals surface area contributed by atoms with E-state index >= 15 is 0 Å². The Balaban J connectivity index is 1.45. The van der Waals surface area contributed by atoms with E-state index in [-0.39, 0.29) is 28.7 Å². The van der Waals surface area contributed by atoms with Crippen LogP contribution in [-0.2, 0) is 4.79 Å². The van der Waals surface area contributed by atoms with Gasteiger partial charge in [0.1, 0.15) is 0 Å². The second-order valence-corrected chi connectivity index (χ2v) is 8.56. The molecular weight excluding hydrogens is 328 g/mol. The van der Waals surface area contributed by atoms with Gasteiger partial charge in [0, 0.05) is 30.0 Å². The third-order valence-corrected chi connectivity index (χ3v) is 6.99. The number of rotatable bonds is 6. The first kappa shape index (κ1) is 17.6. The highest BCUT2D eigenvalue weighted by atomic mass is 16.3. The Kier molecular flexibility index (Phi) is 4.57. The number of hydrogen-bond acceptors (Lipinski definition) is 3. The summed E-state index contributed by atoms with van der Waals surface area (Å²) < 4.78 is 5.34. The van der Waals surface area contributed by atoms with E-state index in [1.807, 2.05) is 4.90 Å². The fourth-order valence-corrected chi connectivity index (χ4v) is 5.31. The predicted molar refractivity (Wildman–Crippen MR) is 98.6 cm³/mol. The van der Waals surface area contributed by atoms with Gasteiger partial charge in [-0.2, -0.15) is 0 Å². The second-order valence-electron chi connectivity index (χ2n) is 8.56. The number of carbonyl (C=O) groups excluding carboxylic acids is 2. The monoisotopic (exact) mass is 358 g/mol. The number of furan rings is 1. The number of likely N-dealkylation sites (tertiary alicyclic amines) is 1. The lowest BCUT2D eigenvalue weighted by atomic mass is 9.70. The molecule has 3 aliphatic rings. The van der Waals surface area contributed by atoms with Crippen molar-refractivity contribution in [1.29, 1.82) is 0 Å². The maximum absolute atomic E-state index is 12.8. The molecule has 4 rings (SSSR count). The topological polar surface area (TPSA) is 62.6 Å². The number of carbonyl (C=O) groups is 2. The molecule has 142 valence electrons. The average molecular weight is 358 g/mol. The molecule has 2 unspecified atom stereocenters. The van der Waals surface area contributed by atoms with Crippen molar-refractivity contribution in [3.05, 3.63) is 24.2 Å². The molecule has 2 heterocycles. The molecule has 0 spiro atoms. The fraction of sp³-hybridized carbons (Fsp3) is 0.714. The van der Waals surface area contributed by atoms with Gasteiger partial charge in [-0.1, -0.05) is 26.2 Å². The number of fused-ring (bicyclic) bond motifs is 1. The van der Waals surface area contributed by atoms with Crippen molar-refractivity contribution in [2.24, 2.45) is 10.8 Å². The summed E-state index contributed by atoms with van der Waals surface area (Å²) in [5, 5.41) is 3.30. The molecule has 0 bridgehead atoms. The lowest BCUT2D eigenvalue weighted by Gasteiger charge is -2.42. The van der Waals surface area contributed by atoms with Crippen LogP contribution in [0.4, 0.5) is 0 Å². The highest BCUT2D eigenvalue weighted by Crippen LogP contribution is 2.51. The van der Waals surface area contributed by atoms with Gasteiger partial charge in [0.05, 0.1) is 6.26 Å². The van der Waals surface area contributed by atoms with E-state index in [1.54, 1.807) is 18.4 Å². The van der Waals surface area contributed by atoms with Crippen molar-refractivity contribution in [2.75, 3.05) is 13.1 Å². The summed E-state index contributed by atoms with van der Waals surface area (Å²) >= 11 is 0. The van der Waals surface area contributed by atoms with Crippen molar-refractivity contribution in [2.45, 2.75) is 70.8 Å². The molecule has 1 aromatic heterocycles. The van der Waals surface area contributed by atoms with Crippen LogP contribution >= 0.6 is 0 Å². The zero-order valence-electron chi connectivity index (χ0n) is 15.8. The minimum Gasteiger partial charge on any atom is -0.459 e. The normalized spacial score (nSPS) is 29.3. The van der Waals surface area contributed by atoms with Crippen molar-refractivity contribution in [3.8, 4) is 0 Å². The Hall–Kier alpha value is -1.78.